The molecule has 0 radical (unpaired) electrons. The molecular formula is C20H23N7O. The first-order valence-corrected chi connectivity index (χ1v) is 9.78. The summed E-state index contributed by atoms with van der Waals surface area (Å²) in [5, 5.41) is 0. The van der Waals surface area contributed by atoms with Crippen molar-refractivity contribution in [3.8, 4) is 0 Å². The lowest BCUT2D eigenvalue weighted by Crippen LogP contribution is -2.54. The highest BCUT2D eigenvalue weighted by molar-refractivity contribution is 5.83. The van der Waals surface area contributed by atoms with Crippen molar-refractivity contribution in [2.45, 2.75) is 32.2 Å². The number of imidazole rings is 1. The van der Waals surface area contributed by atoms with Gasteiger partial charge in [0, 0.05) is 50.4 Å². The normalized spacial score (nSPS) is 22.9. The second kappa shape index (κ2) is 6.85. The van der Waals surface area contributed by atoms with Crippen LogP contribution in [0.25, 0.3) is 11.2 Å². The lowest BCUT2D eigenvalue weighted by atomic mass is 9.73. The maximum absolute atomic E-state index is 12.6. The summed E-state index contributed by atoms with van der Waals surface area (Å²) in [4.78, 5) is 37.3. The second-order valence-corrected chi connectivity index (χ2v) is 7.93. The van der Waals surface area contributed by atoms with Crippen LogP contribution in [0.5, 0.6) is 0 Å². The van der Waals surface area contributed by atoms with Crippen molar-refractivity contribution in [3.05, 3.63) is 42.7 Å². The van der Waals surface area contributed by atoms with Gasteiger partial charge >= 0.3 is 0 Å². The van der Waals surface area contributed by atoms with Gasteiger partial charge in [0.1, 0.15) is 11.8 Å². The summed E-state index contributed by atoms with van der Waals surface area (Å²) in [5.41, 5.74) is 2.77. The number of fused-ring (bicyclic) bond motifs is 1. The maximum atomic E-state index is 12.6. The Morgan fingerprint density at radius 2 is 2.14 bits per heavy atom. The first-order chi connectivity index (χ1) is 13.7. The van der Waals surface area contributed by atoms with Gasteiger partial charge < -0.3 is 14.8 Å². The predicted octanol–water partition coefficient (Wildman–Crippen LogP) is 2.16. The number of rotatable bonds is 3. The van der Waals surface area contributed by atoms with Gasteiger partial charge in [0.15, 0.2) is 11.5 Å². The fourth-order valence-corrected chi connectivity index (χ4v) is 4.67. The molecule has 3 aromatic rings. The molecule has 2 fully saturated rings. The minimum absolute atomic E-state index is 0.103. The summed E-state index contributed by atoms with van der Waals surface area (Å²) >= 11 is 0. The molecule has 2 saturated heterocycles. The molecule has 8 heteroatoms. The van der Waals surface area contributed by atoms with Gasteiger partial charge in [-0.15, -0.1) is 0 Å². The van der Waals surface area contributed by atoms with Gasteiger partial charge in [-0.05, 0) is 30.9 Å². The SMILES string of the molecule is O=C1CC[C@@]2(CCCN(c3ncnc4nc[nH]c34)C2)CN1Cc1cccnc1. The van der Waals surface area contributed by atoms with E-state index < -0.39 is 0 Å². The fraction of sp³-hybridized carbons (Fsp3) is 0.450. The van der Waals surface area contributed by atoms with E-state index in [1.165, 1.54) is 0 Å². The molecule has 2 aliphatic rings. The Kier molecular flexibility index (Phi) is 4.18. The summed E-state index contributed by atoms with van der Waals surface area (Å²) in [6.07, 6.45) is 10.6. The van der Waals surface area contributed by atoms with E-state index in [1.807, 2.05) is 23.2 Å². The Hall–Kier alpha value is -3.03. The molecule has 5 heterocycles. The zero-order valence-electron chi connectivity index (χ0n) is 15.7. The smallest absolute Gasteiger partial charge is 0.222 e. The Morgan fingerprint density at radius 1 is 1.18 bits per heavy atom. The fourth-order valence-electron chi connectivity index (χ4n) is 4.67. The number of hydrogen-bond acceptors (Lipinski definition) is 6. The molecule has 28 heavy (non-hydrogen) atoms. The van der Waals surface area contributed by atoms with Gasteiger partial charge in [-0.25, -0.2) is 15.0 Å². The predicted molar refractivity (Wildman–Crippen MR) is 104 cm³/mol. The number of nitrogens with one attached hydrogen (secondary N) is 1. The van der Waals surface area contributed by atoms with Crippen molar-refractivity contribution in [3.63, 3.8) is 0 Å². The molecule has 0 bridgehead atoms. The van der Waals surface area contributed by atoms with Gasteiger partial charge in [-0.2, -0.15) is 0 Å². The highest BCUT2D eigenvalue weighted by Gasteiger charge is 2.42. The Balaban J connectivity index is 1.38. The molecule has 0 aromatic carbocycles. The van der Waals surface area contributed by atoms with Crippen LogP contribution in [0.4, 0.5) is 5.82 Å². The van der Waals surface area contributed by atoms with E-state index in [9.17, 15) is 4.79 Å². The molecule has 0 aliphatic carbocycles. The maximum Gasteiger partial charge on any atom is 0.222 e. The van der Waals surface area contributed by atoms with Gasteiger partial charge in [0.05, 0.1) is 6.33 Å². The van der Waals surface area contributed by atoms with Crippen molar-refractivity contribution in [2.24, 2.45) is 5.41 Å². The summed E-state index contributed by atoms with van der Waals surface area (Å²) in [5.74, 6) is 1.15. The van der Waals surface area contributed by atoms with Crippen LogP contribution in [0.15, 0.2) is 37.2 Å². The van der Waals surface area contributed by atoms with Crippen molar-refractivity contribution in [1.82, 2.24) is 29.8 Å². The van der Waals surface area contributed by atoms with Gasteiger partial charge in [-0.3, -0.25) is 9.78 Å². The number of carbonyl (C=O) groups is 1. The summed E-state index contributed by atoms with van der Waals surface area (Å²) < 4.78 is 0. The van der Waals surface area contributed by atoms with Crippen LogP contribution < -0.4 is 4.90 Å². The van der Waals surface area contributed by atoms with Crippen LogP contribution in [0, 0.1) is 5.41 Å². The second-order valence-electron chi connectivity index (χ2n) is 7.93. The molecule has 1 spiro atoms. The van der Waals surface area contributed by atoms with E-state index in [0.717, 1.165) is 55.8 Å². The molecular weight excluding hydrogens is 354 g/mol. The van der Waals surface area contributed by atoms with Crippen LogP contribution >= 0.6 is 0 Å². The Labute approximate surface area is 163 Å². The highest BCUT2D eigenvalue weighted by Crippen LogP contribution is 2.40. The van der Waals surface area contributed by atoms with Crippen molar-refractivity contribution < 1.29 is 4.79 Å². The molecule has 2 aliphatic heterocycles. The summed E-state index contributed by atoms with van der Waals surface area (Å²) in [7, 11) is 0. The number of aromatic amines is 1. The number of anilines is 1. The molecule has 1 N–H and O–H groups in total. The topological polar surface area (TPSA) is 90.9 Å². The third kappa shape index (κ3) is 3.08. The van der Waals surface area contributed by atoms with Crippen molar-refractivity contribution >= 4 is 22.9 Å². The minimum Gasteiger partial charge on any atom is -0.354 e. The molecule has 1 atom stereocenters. The summed E-state index contributed by atoms with van der Waals surface area (Å²) in [6.45, 7) is 3.28. The molecule has 1 amide bonds. The molecule has 3 aromatic heterocycles. The monoisotopic (exact) mass is 377 g/mol. The Morgan fingerprint density at radius 3 is 3.04 bits per heavy atom. The van der Waals surface area contributed by atoms with E-state index in [2.05, 4.69) is 29.8 Å². The molecule has 0 saturated carbocycles. The van der Waals surface area contributed by atoms with Gasteiger partial charge in [0.25, 0.3) is 0 Å². The van der Waals surface area contributed by atoms with Crippen LogP contribution in [-0.4, -0.2) is 55.4 Å². The number of pyridine rings is 1. The van der Waals surface area contributed by atoms with Gasteiger partial charge in [-0.1, -0.05) is 6.07 Å². The third-order valence-corrected chi connectivity index (χ3v) is 6.01. The number of aromatic nitrogens is 5. The molecule has 144 valence electrons. The van der Waals surface area contributed by atoms with E-state index in [4.69, 9.17) is 0 Å². The zero-order chi connectivity index (χ0) is 19.0. The minimum atomic E-state index is 0.103. The largest absolute Gasteiger partial charge is 0.354 e. The third-order valence-electron chi connectivity index (χ3n) is 6.01. The lowest BCUT2D eigenvalue weighted by Gasteiger charge is -2.48. The first-order valence-electron chi connectivity index (χ1n) is 9.78. The zero-order valence-corrected chi connectivity index (χ0v) is 15.7. The van der Waals surface area contributed by atoms with E-state index in [-0.39, 0.29) is 11.3 Å². The van der Waals surface area contributed by atoms with Crippen molar-refractivity contribution in [1.29, 1.82) is 0 Å². The Bertz CT molecular complexity index is 988. The number of amides is 1. The number of hydrogen-bond donors (Lipinski definition) is 1. The summed E-state index contributed by atoms with van der Waals surface area (Å²) in [6, 6.07) is 3.96. The number of nitrogens with zero attached hydrogens (tertiary/aromatic N) is 6. The van der Waals surface area contributed by atoms with E-state index >= 15 is 0 Å². The van der Waals surface area contributed by atoms with Crippen LogP contribution in [-0.2, 0) is 11.3 Å². The van der Waals surface area contributed by atoms with Crippen molar-refractivity contribution in [2.75, 3.05) is 24.5 Å². The number of likely N-dealkylation sites (tertiary alicyclic amines) is 1. The van der Waals surface area contributed by atoms with Crippen LogP contribution in [0.1, 0.15) is 31.2 Å². The standard InChI is InChI=1S/C20H23N7O/c28-16-4-6-20(12-27(16)10-15-3-1-7-21-9-15)5-2-8-26(11-20)19-17-18(23-13-22-17)24-14-25-19/h1,3,7,9,13-14H,2,4-6,8,10-12H2,(H,22,23,24,25)/t20-/m1/s1. The van der Waals surface area contributed by atoms with Crippen LogP contribution in [0.3, 0.4) is 0 Å². The quantitative estimate of drug-likeness (QED) is 0.752. The number of H-pyrrole nitrogens is 1. The number of piperidine rings is 2. The lowest BCUT2D eigenvalue weighted by molar-refractivity contribution is -0.138. The van der Waals surface area contributed by atoms with Crippen LogP contribution in [0.2, 0.25) is 0 Å². The van der Waals surface area contributed by atoms with E-state index in [0.29, 0.717) is 18.6 Å². The average Bonchev–Trinajstić information content (AvgIpc) is 3.21. The number of carbonyl (C=O) groups excluding carboxylic acids is 1. The molecule has 8 nitrogen and oxygen atoms in total. The van der Waals surface area contributed by atoms with Gasteiger partial charge in [0.2, 0.25) is 5.91 Å². The molecule has 5 rings (SSSR count). The van der Waals surface area contributed by atoms with E-state index in [1.54, 1.807) is 18.9 Å². The molecule has 0 unspecified atom stereocenters. The first kappa shape index (κ1) is 17.1. The average molecular weight is 377 g/mol. The highest BCUT2D eigenvalue weighted by atomic mass is 16.2.